The van der Waals surface area contributed by atoms with Gasteiger partial charge in [-0.3, -0.25) is 0 Å². The molecule has 2 aliphatic heterocycles. The zero-order valence-corrected chi connectivity index (χ0v) is 10.9. The fraction of sp³-hybridized carbons (Fsp3) is 1.00. The Balaban J connectivity index is 1.70. The second-order valence-electron chi connectivity index (χ2n) is 5.59. The molecular weight excluding hydrogens is 216 g/mol. The Labute approximate surface area is 104 Å². The molecule has 3 unspecified atom stereocenters. The van der Waals surface area contributed by atoms with Crippen LogP contribution in [0.3, 0.4) is 0 Å². The van der Waals surface area contributed by atoms with Crippen LogP contribution in [0.1, 0.15) is 19.3 Å². The van der Waals surface area contributed by atoms with Crippen molar-refractivity contribution in [2.75, 3.05) is 46.6 Å². The van der Waals surface area contributed by atoms with Crippen molar-refractivity contribution in [3.05, 3.63) is 0 Å². The number of ether oxygens (including phenoxy) is 2. The first-order chi connectivity index (χ1) is 8.25. The molecule has 0 aliphatic carbocycles. The van der Waals surface area contributed by atoms with Crippen molar-refractivity contribution < 1.29 is 9.47 Å². The normalized spacial score (nSPS) is 35.1. The van der Waals surface area contributed by atoms with Crippen LogP contribution in [0.2, 0.25) is 0 Å². The van der Waals surface area contributed by atoms with E-state index in [1.165, 1.54) is 12.8 Å². The zero-order chi connectivity index (χ0) is 12.1. The van der Waals surface area contributed by atoms with E-state index in [0.29, 0.717) is 17.9 Å². The second kappa shape index (κ2) is 6.69. The van der Waals surface area contributed by atoms with Crippen LogP contribution in [0.15, 0.2) is 0 Å². The highest BCUT2D eigenvalue weighted by Crippen LogP contribution is 2.17. The maximum absolute atomic E-state index is 6.13. The Kier molecular flexibility index (Phi) is 5.22. The van der Waals surface area contributed by atoms with Gasteiger partial charge in [0.15, 0.2) is 0 Å². The number of nitrogens with zero attached hydrogens (tertiary/aromatic N) is 1. The van der Waals surface area contributed by atoms with Gasteiger partial charge in [-0.1, -0.05) is 0 Å². The molecule has 2 heterocycles. The predicted octanol–water partition coefficient (Wildman–Crippen LogP) is 0.709. The van der Waals surface area contributed by atoms with Crippen LogP contribution in [0, 0.1) is 11.8 Å². The largest absolute Gasteiger partial charge is 0.381 e. The molecule has 2 rings (SSSR count). The van der Waals surface area contributed by atoms with Crippen molar-refractivity contribution >= 4 is 0 Å². The van der Waals surface area contributed by atoms with Crippen molar-refractivity contribution in [3.8, 4) is 0 Å². The molecule has 2 aliphatic rings. The molecular formula is C13H26N2O2. The summed E-state index contributed by atoms with van der Waals surface area (Å²) in [6.07, 6.45) is 3.52. The van der Waals surface area contributed by atoms with E-state index in [1.807, 2.05) is 0 Å². The van der Waals surface area contributed by atoms with Crippen LogP contribution in [0.5, 0.6) is 0 Å². The van der Waals surface area contributed by atoms with E-state index in [1.54, 1.807) is 0 Å². The van der Waals surface area contributed by atoms with Crippen molar-refractivity contribution in [2.24, 2.45) is 17.6 Å². The first kappa shape index (κ1) is 13.3. The first-order valence-electron chi connectivity index (χ1n) is 6.85. The number of nitrogens with two attached hydrogens (primary N) is 1. The topological polar surface area (TPSA) is 47.7 Å². The number of hydrogen-bond acceptors (Lipinski definition) is 4. The Morgan fingerprint density at radius 3 is 2.65 bits per heavy atom. The van der Waals surface area contributed by atoms with E-state index in [0.717, 1.165) is 45.9 Å². The summed E-state index contributed by atoms with van der Waals surface area (Å²) in [4.78, 5) is 2.40. The molecule has 3 atom stereocenters. The van der Waals surface area contributed by atoms with Crippen LogP contribution in [-0.2, 0) is 9.47 Å². The standard InChI is InChI=1S/C13H26N2O2/c1-15(7-11-3-2-5-16-9-11)8-12-10-17-6-4-13(12)14/h11-13H,2-10,14H2,1H3. The lowest BCUT2D eigenvalue weighted by Gasteiger charge is -2.34. The minimum atomic E-state index is 0.314. The van der Waals surface area contributed by atoms with Crippen LogP contribution in [0.4, 0.5) is 0 Å². The maximum atomic E-state index is 6.13. The van der Waals surface area contributed by atoms with Gasteiger partial charge >= 0.3 is 0 Å². The molecule has 2 fully saturated rings. The molecule has 0 amide bonds. The Morgan fingerprint density at radius 1 is 1.12 bits per heavy atom. The lowest BCUT2D eigenvalue weighted by molar-refractivity contribution is 0.0152. The minimum Gasteiger partial charge on any atom is -0.381 e. The first-order valence-corrected chi connectivity index (χ1v) is 6.85. The third kappa shape index (κ3) is 4.21. The highest BCUT2D eigenvalue weighted by molar-refractivity contribution is 4.79. The van der Waals surface area contributed by atoms with Gasteiger partial charge in [0.2, 0.25) is 0 Å². The van der Waals surface area contributed by atoms with Crippen LogP contribution in [-0.4, -0.2) is 57.5 Å². The molecule has 0 bridgehead atoms. The van der Waals surface area contributed by atoms with E-state index in [-0.39, 0.29) is 0 Å². The molecule has 4 nitrogen and oxygen atoms in total. The van der Waals surface area contributed by atoms with Crippen LogP contribution < -0.4 is 5.73 Å². The van der Waals surface area contributed by atoms with Gasteiger partial charge in [0.25, 0.3) is 0 Å². The third-order valence-corrected chi connectivity index (χ3v) is 3.90. The van der Waals surface area contributed by atoms with Gasteiger partial charge in [-0.05, 0) is 32.2 Å². The van der Waals surface area contributed by atoms with Crippen molar-refractivity contribution in [3.63, 3.8) is 0 Å². The molecule has 0 aromatic carbocycles. The summed E-state index contributed by atoms with van der Waals surface area (Å²) in [7, 11) is 2.19. The summed E-state index contributed by atoms with van der Waals surface area (Å²) >= 11 is 0. The molecule has 0 radical (unpaired) electrons. The fourth-order valence-corrected chi connectivity index (χ4v) is 2.87. The molecule has 2 N–H and O–H groups in total. The monoisotopic (exact) mass is 242 g/mol. The van der Waals surface area contributed by atoms with E-state index < -0.39 is 0 Å². The van der Waals surface area contributed by atoms with Gasteiger partial charge in [-0.2, -0.15) is 0 Å². The molecule has 0 saturated carbocycles. The van der Waals surface area contributed by atoms with E-state index in [2.05, 4.69) is 11.9 Å². The Morgan fingerprint density at radius 2 is 1.94 bits per heavy atom. The molecule has 0 aromatic rings. The lowest BCUT2D eigenvalue weighted by atomic mass is 9.95. The highest BCUT2D eigenvalue weighted by atomic mass is 16.5. The van der Waals surface area contributed by atoms with Gasteiger partial charge in [0, 0.05) is 38.3 Å². The van der Waals surface area contributed by atoms with Gasteiger partial charge in [0.1, 0.15) is 0 Å². The quantitative estimate of drug-likeness (QED) is 0.789. The number of rotatable bonds is 4. The highest BCUT2D eigenvalue weighted by Gasteiger charge is 2.24. The third-order valence-electron chi connectivity index (χ3n) is 3.90. The molecule has 17 heavy (non-hydrogen) atoms. The Hall–Kier alpha value is -0.160. The predicted molar refractivity (Wildman–Crippen MR) is 67.9 cm³/mol. The maximum Gasteiger partial charge on any atom is 0.0521 e. The zero-order valence-electron chi connectivity index (χ0n) is 10.9. The number of hydrogen-bond donors (Lipinski definition) is 1. The van der Waals surface area contributed by atoms with Gasteiger partial charge in [-0.25, -0.2) is 0 Å². The van der Waals surface area contributed by atoms with Gasteiger partial charge in [0.05, 0.1) is 13.2 Å². The summed E-state index contributed by atoms with van der Waals surface area (Å²) in [5.41, 5.74) is 6.13. The lowest BCUT2D eigenvalue weighted by Crippen LogP contribution is -2.45. The van der Waals surface area contributed by atoms with Crippen molar-refractivity contribution in [1.82, 2.24) is 4.90 Å². The van der Waals surface area contributed by atoms with Crippen molar-refractivity contribution in [2.45, 2.75) is 25.3 Å². The fourth-order valence-electron chi connectivity index (χ4n) is 2.87. The Bertz CT molecular complexity index is 219. The minimum absolute atomic E-state index is 0.314. The SMILES string of the molecule is CN(CC1CCCOC1)CC1COCCC1N. The summed E-state index contributed by atoms with van der Waals surface area (Å²) < 4.78 is 11.0. The van der Waals surface area contributed by atoms with E-state index in [4.69, 9.17) is 15.2 Å². The molecule has 4 heteroatoms. The van der Waals surface area contributed by atoms with Crippen molar-refractivity contribution in [1.29, 1.82) is 0 Å². The molecule has 0 spiro atoms. The van der Waals surface area contributed by atoms with Gasteiger partial charge in [-0.15, -0.1) is 0 Å². The van der Waals surface area contributed by atoms with Gasteiger partial charge < -0.3 is 20.1 Å². The van der Waals surface area contributed by atoms with Crippen LogP contribution >= 0.6 is 0 Å². The summed E-state index contributed by atoms with van der Waals surface area (Å²) in [5, 5.41) is 0. The second-order valence-corrected chi connectivity index (χ2v) is 5.59. The summed E-state index contributed by atoms with van der Waals surface area (Å²) in [6, 6.07) is 0.314. The summed E-state index contributed by atoms with van der Waals surface area (Å²) in [5.74, 6) is 1.20. The smallest absolute Gasteiger partial charge is 0.0521 e. The van der Waals surface area contributed by atoms with E-state index >= 15 is 0 Å². The van der Waals surface area contributed by atoms with Crippen LogP contribution in [0.25, 0.3) is 0 Å². The average molecular weight is 242 g/mol. The van der Waals surface area contributed by atoms with E-state index in [9.17, 15) is 0 Å². The molecule has 2 saturated heterocycles. The molecule has 100 valence electrons. The average Bonchev–Trinajstić information content (AvgIpc) is 2.33. The molecule has 0 aromatic heterocycles. The summed E-state index contributed by atoms with van der Waals surface area (Å²) in [6.45, 7) is 5.71.